The number of aromatic nitrogens is 3. The molecular weight excluding hydrogens is 549 g/mol. The highest BCUT2D eigenvalue weighted by Crippen LogP contribution is 2.34. The summed E-state index contributed by atoms with van der Waals surface area (Å²) in [6.07, 6.45) is 0. The minimum atomic E-state index is -0.692. The van der Waals surface area contributed by atoms with Gasteiger partial charge in [-0.15, -0.1) is 21.5 Å². The third-order valence-electron chi connectivity index (χ3n) is 4.80. The summed E-state index contributed by atoms with van der Waals surface area (Å²) in [5.74, 6) is -0.801. The average molecular weight is 572 g/mol. The minimum absolute atomic E-state index is 0.0236. The normalized spacial score (nSPS) is 10.8. The van der Waals surface area contributed by atoms with E-state index in [9.17, 15) is 14.4 Å². The number of hydrogen-bond donors (Lipinski definition) is 2. The van der Waals surface area contributed by atoms with Crippen LogP contribution in [0.5, 0.6) is 5.75 Å². The van der Waals surface area contributed by atoms with Gasteiger partial charge in [0.2, 0.25) is 5.91 Å². The predicted octanol–water partition coefficient (Wildman–Crippen LogP) is 4.56. The molecule has 0 fully saturated rings. The first kappa shape index (κ1) is 27.8. The standard InChI is InChI=1S/C22H23Cl2N5O5S2/c1-4-29-15(9-34-14-8-12(23)6-7-13(14)24)27-28-22(29)35-10-16(30)26-20-17(21(32)33-5-2)11(3)18(36-20)19(25)31/h6-8H,4-5,9-10H2,1-3H3,(H2,25,31)(H,26,30). The number of amides is 2. The van der Waals surface area contributed by atoms with Crippen molar-refractivity contribution in [3.63, 3.8) is 0 Å². The Hall–Kier alpha value is -2.80. The van der Waals surface area contributed by atoms with Crippen LogP contribution in [0.25, 0.3) is 0 Å². The van der Waals surface area contributed by atoms with Crippen molar-refractivity contribution in [2.45, 2.75) is 39.1 Å². The molecule has 2 heterocycles. The lowest BCUT2D eigenvalue weighted by molar-refractivity contribution is -0.113. The quantitative estimate of drug-likeness (QED) is 0.252. The number of anilines is 1. The van der Waals surface area contributed by atoms with Crippen LogP contribution in [-0.2, 0) is 22.7 Å². The Bertz CT molecular complexity index is 1290. The zero-order chi connectivity index (χ0) is 26.4. The van der Waals surface area contributed by atoms with Gasteiger partial charge in [0.15, 0.2) is 11.0 Å². The van der Waals surface area contributed by atoms with Crippen molar-refractivity contribution < 1.29 is 23.9 Å². The summed E-state index contributed by atoms with van der Waals surface area (Å²) in [6.45, 7) is 5.94. The van der Waals surface area contributed by atoms with Gasteiger partial charge in [-0.25, -0.2) is 4.79 Å². The summed E-state index contributed by atoms with van der Waals surface area (Å²) in [5, 5.41) is 12.6. The van der Waals surface area contributed by atoms with Crippen LogP contribution in [0.4, 0.5) is 5.00 Å². The largest absolute Gasteiger partial charge is 0.484 e. The summed E-state index contributed by atoms with van der Waals surface area (Å²) in [5.41, 5.74) is 5.89. The Labute approximate surface area is 225 Å². The van der Waals surface area contributed by atoms with Gasteiger partial charge < -0.3 is 25.1 Å². The Balaban J connectivity index is 1.69. The van der Waals surface area contributed by atoms with Crippen molar-refractivity contribution in [3.05, 3.63) is 50.1 Å². The van der Waals surface area contributed by atoms with Crippen molar-refractivity contribution in [1.82, 2.24) is 14.8 Å². The molecule has 0 radical (unpaired) electrons. The van der Waals surface area contributed by atoms with Gasteiger partial charge in [0, 0.05) is 17.6 Å². The van der Waals surface area contributed by atoms with Crippen LogP contribution >= 0.6 is 46.3 Å². The van der Waals surface area contributed by atoms with Crippen LogP contribution in [0.1, 0.15) is 45.3 Å². The van der Waals surface area contributed by atoms with E-state index in [0.29, 0.717) is 38.9 Å². The number of nitrogens with two attached hydrogens (primary N) is 1. The zero-order valence-corrected chi connectivity index (χ0v) is 22.7. The number of ether oxygens (including phenoxy) is 2. The first-order valence-electron chi connectivity index (χ1n) is 10.7. The molecule has 0 aliphatic carbocycles. The number of primary amides is 1. The van der Waals surface area contributed by atoms with E-state index >= 15 is 0 Å². The van der Waals surface area contributed by atoms with Gasteiger partial charge in [-0.2, -0.15) is 0 Å². The lowest BCUT2D eigenvalue weighted by Crippen LogP contribution is -2.17. The number of carbonyl (C=O) groups is 3. The van der Waals surface area contributed by atoms with Gasteiger partial charge in [-0.3, -0.25) is 9.59 Å². The number of thiophene rings is 1. The summed E-state index contributed by atoms with van der Waals surface area (Å²) in [4.78, 5) is 37.0. The first-order chi connectivity index (χ1) is 17.2. The van der Waals surface area contributed by atoms with Crippen LogP contribution in [0, 0.1) is 6.92 Å². The molecule has 0 unspecified atom stereocenters. The number of benzene rings is 1. The smallest absolute Gasteiger partial charge is 0.341 e. The topological polar surface area (TPSA) is 138 Å². The van der Waals surface area contributed by atoms with Crippen molar-refractivity contribution in [1.29, 1.82) is 0 Å². The number of thioether (sulfide) groups is 1. The monoisotopic (exact) mass is 571 g/mol. The van der Waals surface area contributed by atoms with Crippen molar-refractivity contribution in [3.8, 4) is 5.75 Å². The minimum Gasteiger partial charge on any atom is -0.484 e. The highest BCUT2D eigenvalue weighted by atomic mass is 35.5. The van der Waals surface area contributed by atoms with Crippen LogP contribution in [0.3, 0.4) is 0 Å². The Morgan fingerprint density at radius 1 is 1.22 bits per heavy atom. The summed E-state index contributed by atoms with van der Waals surface area (Å²) in [7, 11) is 0. The molecule has 0 saturated heterocycles. The number of halogens is 2. The maximum absolute atomic E-state index is 12.7. The average Bonchev–Trinajstić information content (AvgIpc) is 3.38. The molecule has 36 heavy (non-hydrogen) atoms. The summed E-state index contributed by atoms with van der Waals surface area (Å²) >= 11 is 14.2. The van der Waals surface area contributed by atoms with Gasteiger partial charge >= 0.3 is 5.97 Å². The molecule has 0 aliphatic heterocycles. The molecule has 2 aromatic heterocycles. The number of hydrogen-bond acceptors (Lipinski definition) is 9. The molecule has 0 spiro atoms. The van der Waals surface area contributed by atoms with Gasteiger partial charge in [0.05, 0.1) is 27.8 Å². The third kappa shape index (κ3) is 6.49. The number of carbonyl (C=O) groups excluding carboxylic acids is 3. The fraction of sp³-hybridized carbons (Fsp3) is 0.318. The molecule has 0 saturated carbocycles. The summed E-state index contributed by atoms with van der Waals surface area (Å²) in [6, 6.07) is 4.91. The molecule has 3 N–H and O–H groups in total. The molecule has 2 amide bonds. The summed E-state index contributed by atoms with van der Waals surface area (Å²) < 4.78 is 12.6. The maximum Gasteiger partial charge on any atom is 0.341 e. The Kier molecular flexibility index (Phi) is 9.60. The van der Waals surface area contributed by atoms with E-state index in [-0.39, 0.29) is 34.4 Å². The van der Waals surface area contributed by atoms with Crippen molar-refractivity contribution >= 4 is 69.1 Å². The van der Waals surface area contributed by atoms with Gasteiger partial charge in [0.1, 0.15) is 17.4 Å². The molecular formula is C22H23Cl2N5O5S2. The van der Waals surface area contributed by atoms with Gasteiger partial charge in [0.25, 0.3) is 5.91 Å². The fourth-order valence-electron chi connectivity index (χ4n) is 3.16. The zero-order valence-electron chi connectivity index (χ0n) is 19.6. The Morgan fingerprint density at radius 3 is 2.64 bits per heavy atom. The molecule has 0 bridgehead atoms. The van der Waals surface area contributed by atoms with E-state index in [1.807, 2.05) is 6.92 Å². The lowest BCUT2D eigenvalue weighted by atomic mass is 10.1. The molecule has 3 aromatic rings. The Morgan fingerprint density at radius 2 is 1.97 bits per heavy atom. The molecule has 14 heteroatoms. The van der Waals surface area contributed by atoms with E-state index in [1.165, 1.54) is 0 Å². The number of rotatable bonds is 11. The van der Waals surface area contributed by atoms with Gasteiger partial charge in [-0.1, -0.05) is 35.0 Å². The van der Waals surface area contributed by atoms with Gasteiger partial charge in [-0.05, 0) is 38.5 Å². The third-order valence-corrected chi connectivity index (χ3v) is 7.53. The van der Waals surface area contributed by atoms with Crippen LogP contribution in [0.2, 0.25) is 10.0 Å². The van der Waals surface area contributed by atoms with Crippen LogP contribution in [0.15, 0.2) is 23.4 Å². The van der Waals surface area contributed by atoms with E-state index in [2.05, 4.69) is 15.5 Å². The van der Waals surface area contributed by atoms with Crippen molar-refractivity contribution in [2.24, 2.45) is 5.73 Å². The van der Waals surface area contributed by atoms with Crippen LogP contribution in [-0.4, -0.2) is 44.9 Å². The van der Waals surface area contributed by atoms with E-state index in [1.54, 1.807) is 36.6 Å². The highest BCUT2D eigenvalue weighted by molar-refractivity contribution is 7.99. The van der Waals surface area contributed by atoms with E-state index in [0.717, 1.165) is 23.1 Å². The van der Waals surface area contributed by atoms with Crippen molar-refractivity contribution in [2.75, 3.05) is 17.7 Å². The van der Waals surface area contributed by atoms with E-state index < -0.39 is 17.8 Å². The second kappa shape index (κ2) is 12.4. The van der Waals surface area contributed by atoms with E-state index in [4.69, 9.17) is 38.4 Å². The molecule has 1 aromatic carbocycles. The highest BCUT2D eigenvalue weighted by Gasteiger charge is 2.26. The molecule has 10 nitrogen and oxygen atoms in total. The maximum atomic E-state index is 12.7. The number of nitrogens with zero attached hydrogens (tertiary/aromatic N) is 3. The first-order valence-corrected chi connectivity index (χ1v) is 13.2. The second-order valence-electron chi connectivity index (χ2n) is 7.19. The predicted molar refractivity (Wildman–Crippen MR) is 139 cm³/mol. The lowest BCUT2D eigenvalue weighted by Gasteiger charge is -2.10. The number of esters is 1. The second-order valence-corrected chi connectivity index (χ2v) is 10.00. The molecule has 0 atom stereocenters. The fourth-order valence-corrected chi connectivity index (χ4v) is 5.38. The van der Waals surface area contributed by atoms with Crippen LogP contribution < -0.4 is 15.8 Å². The molecule has 192 valence electrons. The SMILES string of the molecule is CCOC(=O)c1c(NC(=O)CSc2nnc(COc3cc(Cl)ccc3Cl)n2CC)sc(C(N)=O)c1C. The number of nitrogens with one attached hydrogen (secondary N) is 1. The molecule has 3 rings (SSSR count). The molecule has 0 aliphatic rings.